The number of hydrogen-bond donors (Lipinski definition) is 0. The molecule has 0 saturated carbocycles. The van der Waals surface area contributed by atoms with E-state index in [-0.39, 0.29) is 12.1 Å². The molecule has 2 aliphatic heterocycles. The van der Waals surface area contributed by atoms with Crippen LogP contribution in [0.5, 0.6) is 0 Å². The fourth-order valence-electron chi connectivity index (χ4n) is 2.94. The van der Waals surface area contributed by atoms with Crippen molar-refractivity contribution in [1.82, 2.24) is 0 Å². The topological polar surface area (TPSA) is 54.0 Å². The van der Waals surface area contributed by atoms with E-state index in [0.29, 0.717) is 12.2 Å². The van der Waals surface area contributed by atoms with E-state index in [2.05, 4.69) is 0 Å². The summed E-state index contributed by atoms with van der Waals surface area (Å²) in [5.41, 5.74) is 1.43. The highest BCUT2D eigenvalue weighted by molar-refractivity contribution is 5.89. The lowest BCUT2D eigenvalue weighted by atomic mass is 10.0. The van der Waals surface area contributed by atoms with Crippen LogP contribution in [0.1, 0.15) is 22.2 Å². The molecule has 2 aromatic rings. The van der Waals surface area contributed by atoms with E-state index < -0.39 is 18.5 Å². The van der Waals surface area contributed by atoms with Crippen LogP contribution in [0.2, 0.25) is 0 Å². The van der Waals surface area contributed by atoms with Crippen LogP contribution in [0.3, 0.4) is 0 Å². The van der Waals surface area contributed by atoms with Gasteiger partial charge in [-0.05, 0) is 18.2 Å². The number of esters is 1. The SMILES string of the molecule is O=C(O[C@@H]1C=CO[C@@H]2COC(c3ccccc3)O[C@@H]12)c1ccccc1. The second kappa shape index (κ2) is 7.09. The highest BCUT2D eigenvalue weighted by Gasteiger charge is 2.42. The Morgan fingerprint density at radius 1 is 1.00 bits per heavy atom. The highest BCUT2D eigenvalue weighted by Crippen LogP contribution is 2.32. The van der Waals surface area contributed by atoms with Crippen LogP contribution in [-0.4, -0.2) is 30.9 Å². The molecule has 5 nitrogen and oxygen atoms in total. The zero-order chi connectivity index (χ0) is 17.1. The van der Waals surface area contributed by atoms with Crippen LogP contribution >= 0.6 is 0 Å². The van der Waals surface area contributed by atoms with Gasteiger partial charge < -0.3 is 18.9 Å². The largest absolute Gasteiger partial charge is 0.493 e. The van der Waals surface area contributed by atoms with Gasteiger partial charge in [-0.15, -0.1) is 0 Å². The number of rotatable bonds is 3. The first-order valence-electron chi connectivity index (χ1n) is 8.21. The van der Waals surface area contributed by atoms with Crippen molar-refractivity contribution in [3.05, 3.63) is 84.1 Å². The molecule has 5 heteroatoms. The molecule has 4 rings (SSSR count). The number of carbonyl (C=O) groups is 1. The fourth-order valence-corrected chi connectivity index (χ4v) is 2.94. The number of ether oxygens (including phenoxy) is 4. The smallest absolute Gasteiger partial charge is 0.338 e. The Morgan fingerprint density at radius 2 is 1.72 bits per heavy atom. The van der Waals surface area contributed by atoms with Crippen molar-refractivity contribution in [2.24, 2.45) is 0 Å². The van der Waals surface area contributed by atoms with E-state index >= 15 is 0 Å². The van der Waals surface area contributed by atoms with E-state index in [1.807, 2.05) is 36.4 Å². The molecule has 0 aliphatic carbocycles. The molecule has 128 valence electrons. The zero-order valence-electron chi connectivity index (χ0n) is 13.5. The van der Waals surface area contributed by atoms with Gasteiger partial charge in [-0.2, -0.15) is 0 Å². The van der Waals surface area contributed by atoms with Crippen LogP contribution in [0.4, 0.5) is 0 Å². The third kappa shape index (κ3) is 3.43. The third-order valence-electron chi connectivity index (χ3n) is 4.23. The molecule has 0 N–H and O–H groups in total. The molecule has 2 heterocycles. The Labute approximate surface area is 145 Å². The zero-order valence-corrected chi connectivity index (χ0v) is 13.5. The lowest BCUT2D eigenvalue weighted by Crippen LogP contribution is -2.50. The number of fused-ring (bicyclic) bond motifs is 1. The molecule has 0 bridgehead atoms. The van der Waals surface area contributed by atoms with E-state index in [1.54, 1.807) is 36.6 Å². The molecule has 1 saturated heterocycles. The standard InChI is InChI=1S/C20H18O5/c21-19(14-7-3-1-4-8-14)24-16-11-12-22-17-13-23-20(25-18(16)17)15-9-5-2-6-10-15/h1-12,16-18,20H,13H2/t16-,17-,18+,20?/m1/s1. The van der Waals surface area contributed by atoms with Gasteiger partial charge in [-0.3, -0.25) is 0 Å². The molecule has 4 atom stereocenters. The Hall–Kier alpha value is -2.63. The maximum atomic E-state index is 12.4. The molecule has 0 aromatic heterocycles. The first-order valence-corrected chi connectivity index (χ1v) is 8.21. The van der Waals surface area contributed by atoms with Crippen LogP contribution in [-0.2, 0) is 18.9 Å². The van der Waals surface area contributed by atoms with Crippen LogP contribution in [0.25, 0.3) is 0 Å². The predicted octanol–water partition coefficient (Wildman–Crippen LogP) is 3.24. The first kappa shape index (κ1) is 15.9. The average molecular weight is 338 g/mol. The van der Waals surface area contributed by atoms with E-state index in [9.17, 15) is 4.79 Å². The van der Waals surface area contributed by atoms with Gasteiger partial charge in [-0.1, -0.05) is 48.5 Å². The molecule has 0 radical (unpaired) electrons. The molecular weight excluding hydrogens is 320 g/mol. The molecule has 1 fully saturated rings. The number of carbonyl (C=O) groups excluding carboxylic acids is 1. The minimum absolute atomic E-state index is 0.307. The van der Waals surface area contributed by atoms with Gasteiger partial charge in [0, 0.05) is 5.56 Å². The van der Waals surface area contributed by atoms with Gasteiger partial charge in [0.1, 0.15) is 6.10 Å². The summed E-state index contributed by atoms with van der Waals surface area (Å²) in [6, 6.07) is 18.6. The van der Waals surface area contributed by atoms with Crippen LogP contribution < -0.4 is 0 Å². The molecule has 2 aliphatic rings. The van der Waals surface area contributed by atoms with E-state index in [0.717, 1.165) is 5.56 Å². The van der Waals surface area contributed by atoms with Gasteiger partial charge in [0.05, 0.1) is 18.4 Å². The predicted molar refractivity (Wildman–Crippen MR) is 89.7 cm³/mol. The summed E-state index contributed by atoms with van der Waals surface area (Å²) >= 11 is 0. The van der Waals surface area contributed by atoms with Gasteiger partial charge in [0.25, 0.3) is 0 Å². The van der Waals surface area contributed by atoms with Gasteiger partial charge in [-0.25, -0.2) is 4.79 Å². The van der Waals surface area contributed by atoms with Crippen LogP contribution in [0, 0.1) is 0 Å². The summed E-state index contributed by atoms with van der Waals surface area (Å²) in [5.74, 6) is -0.387. The molecule has 25 heavy (non-hydrogen) atoms. The van der Waals surface area contributed by atoms with E-state index in [4.69, 9.17) is 18.9 Å². The Bertz CT molecular complexity index is 743. The van der Waals surface area contributed by atoms with Crippen molar-refractivity contribution in [2.45, 2.75) is 24.6 Å². The summed E-state index contributed by atoms with van der Waals surface area (Å²) < 4.78 is 23.0. The Kier molecular flexibility index (Phi) is 4.50. The maximum absolute atomic E-state index is 12.4. The number of benzene rings is 2. The molecular formula is C20H18O5. The average Bonchev–Trinajstić information content (AvgIpc) is 2.69. The summed E-state index contributed by atoms with van der Waals surface area (Å²) in [4.78, 5) is 12.4. The number of hydrogen-bond acceptors (Lipinski definition) is 5. The second-order valence-corrected chi connectivity index (χ2v) is 5.92. The minimum atomic E-state index is -0.526. The highest BCUT2D eigenvalue weighted by atomic mass is 16.7. The quantitative estimate of drug-likeness (QED) is 0.804. The van der Waals surface area contributed by atoms with Crippen molar-refractivity contribution in [3.8, 4) is 0 Å². The van der Waals surface area contributed by atoms with Crippen molar-refractivity contribution in [3.63, 3.8) is 0 Å². The maximum Gasteiger partial charge on any atom is 0.338 e. The molecule has 0 amide bonds. The molecule has 2 aromatic carbocycles. The first-order chi connectivity index (χ1) is 12.3. The van der Waals surface area contributed by atoms with Gasteiger partial charge in [0.2, 0.25) is 0 Å². The second-order valence-electron chi connectivity index (χ2n) is 5.92. The summed E-state index contributed by atoms with van der Waals surface area (Å²) in [7, 11) is 0. The Morgan fingerprint density at radius 3 is 2.48 bits per heavy atom. The third-order valence-corrected chi connectivity index (χ3v) is 4.23. The van der Waals surface area contributed by atoms with Crippen molar-refractivity contribution >= 4 is 5.97 Å². The van der Waals surface area contributed by atoms with Gasteiger partial charge >= 0.3 is 5.97 Å². The normalized spacial score (nSPS) is 27.8. The summed E-state index contributed by atoms with van der Waals surface area (Å²) in [6.45, 7) is 0.369. The summed E-state index contributed by atoms with van der Waals surface area (Å²) in [6.07, 6.45) is 1.49. The Balaban J connectivity index is 1.49. The van der Waals surface area contributed by atoms with Crippen LogP contribution in [0.15, 0.2) is 73.0 Å². The summed E-state index contributed by atoms with van der Waals surface area (Å²) in [5, 5.41) is 0. The molecule has 1 unspecified atom stereocenters. The van der Waals surface area contributed by atoms with Gasteiger partial charge in [0.15, 0.2) is 18.5 Å². The van der Waals surface area contributed by atoms with Crippen molar-refractivity contribution in [2.75, 3.05) is 6.61 Å². The monoisotopic (exact) mass is 338 g/mol. The minimum Gasteiger partial charge on any atom is -0.493 e. The lowest BCUT2D eigenvalue weighted by molar-refractivity contribution is -0.276. The molecule has 0 spiro atoms. The van der Waals surface area contributed by atoms with Crippen molar-refractivity contribution in [1.29, 1.82) is 0 Å². The van der Waals surface area contributed by atoms with Crippen molar-refractivity contribution < 1.29 is 23.7 Å². The lowest BCUT2D eigenvalue weighted by Gasteiger charge is -2.40. The van der Waals surface area contributed by atoms with E-state index in [1.165, 1.54) is 0 Å². The fraction of sp³-hybridized carbons (Fsp3) is 0.250.